The summed E-state index contributed by atoms with van der Waals surface area (Å²) in [6.07, 6.45) is 1.72. The Hall–Kier alpha value is -2.87. The molecule has 8 nitrogen and oxygen atoms in total. The SMILES string of the molecule is O=C(Nc1ccc(C2CN(C(=O)O)CCO2)cc1)c1cn[nH]c1. The normalized spacial score (nSPS) is 17.7. The lowest BCUT2D eigenvalue weighted by Gasteiger charge is -2.31. The Bertz CT molecular complexity index is 684. The molecule has 1 aliphatic heterocycles. The van der Waals surface area contributed by atoms with Gasteiger partial charge in [-0.2, -0.15) is 5.10 Å². The Kier molecular flexibility index (Phi) is 4.24. The molecule has 2 amide bonds. The number of carbonyl (C=O) groups excluding carboxylic acids is 1. The van der Waals surface area contributed by atoms with E-state index in [9.17, 15) is 9.59 Å². The molecule has 2 heterocycles. The zero-order valence-electron chi connectivity index (χ0n) is 12.2. The van der Waals surface area contributed by atoms with Gasteiger partial charge in [0.15, 0.2) is 0 Å². The van der Waals surface area contributed by atoms with Gasteiger partial charge < -0.3 is 20.1 Å². The molecule has 2 aromatic rings. The molecule has 1 aromatic carbocycles. The van der Waals surface area contributed by atoms with Gasteiger partial charge in [-0.25, -0.2) is 4.79 Å². The Morgan fingerprint density at radius 1 is 1.35 bits per heavy atom. The number of aromatic amines is 1. The van der Waals surface area contributed by atoms with Gasteiger partial charge in [-0.3, -0.25) is 9.89 Å². The summed E-state index contributed by atoms with van der Waals surface area (Å²) in [5.41, 5.74) is 1.96. The van der Waals surface area contributed by atoms with Crippen LogP contribution in [0.4, 0.5) is 10.5 Å². The van der Waals surface area contributed by atoms with E-state index in [4.69, 9.17) is 9.84 Å². The fourth-order valence-electron chi connectivity index (χ4n) is 2.38. The minimum absolute atomic E-state index is 0.252. The van der Waals surface area contributed by atoms with Gasteiger partial charge in [-0.15, -0.1) is 0 Å². The maximum Gasteiger partial charge on any atom is 0.407 e. The molecule has 3 rings (SSSR count). The van der Waals surface area contributed by atoms with Gasteiger partial charge >= 0.3 is 6.09 Å². The molecule has 23 heavy (non-hydrogen) atoms. The van der Waals surface area contributed by atoms with Gasteiger partial charge in [0.05, 0.1) is 24.9 Å². The summed E-state index contributed by atoms with van der Waals surface area (Å²) in [6, 6.07) is 7.16. The van der Waals surface area contributed by atoms with E-state index >= 15 is 0 Å². The van der Waals surface area contributed by atoms with Crippen LogP contribution in [0.15, 0.2) is 36.7 Å². The van der Waals surface area contributed by atoms with Crippen LogP contribution in [0.5, 0.6) is 0 Å². The topological polar surface area (TPSA) is 108 Å². The van der Waals surface area contributed by atoms with Crippen molar-refractivity contribution in [3.8, 4) is 0 Å². The molecule has 0 bridgehead atoms. The lowest BCUT2D eigenvalue weighted by atomic mass is 10.1. The number of benzene rings is 1. The van der Waals surface area contributed by atoms with Crippen LogP contribution >= 0.6 is 0 Å². The minimum Gasteiger partial charge on any atom is -0.465 e. The molecular weight excluding hydrogens is 300 g/mol. The number of ether oxygens (including phenoxy) is 1. The van der Waals surface area contributed by atoms with E-state index < -0.39 is 6.09 Å². The molecule has 1 saturated heterocycles. The van der Waals surface area contributed by atoms with E-state index in [1.165, 1.54) is 17.3 Å². The van der Waals surface area contributed by atoms with Crippen LogP contribution < -0.4 is 5.32 Å². The zero-order chi connectivity index (χ0) is 16.2. The number of H-pyrrole nitrogens is 1. The Morgan fingerprint density at radius 3 is 2.78 bits per heavy atom. The number of aromatic nitrogens is 2. The second-order valence-corrected chi connectivity index (χ2v) is 5.15. The monoisotopic (exact) mass is 316 g/mol. The first-order chi connectivity index (χ1) is 11.1. The average molecular weight is 316 g/mol. The second kappa shape index (κ2) is 6.49. The van der Waals surface area contributed by atoms with Crippen molar-refractivity contribution in [1.29, 1.82) is 0 Å². The minimum atomic E-state index is -0.942. The van der Waals surface area contributed by atoms with Gasteiger partial charge in [0.25, 0.3) is 5.91 Å². The molecule has 1 aromatic heterocycles. The molecule has 1 unspecified atom stereocenters. The number of hydrogen-bond donors (Lipinski definition) is 3. The molecule has 8 heteroatoms. The molecule has 0 spiro atoms. The van der Waals surface area contributed by atoms with Crippen molar-refractivity contribution in [3.63, 3.8) is 0 Å². The van der Waals surface area contributed by atoms with Crippen molar-refractivity contribution in [2.45, 2.75) is 6.10 Å². The summed E-state index contributed by atoms with van der Waals surface area (Å²) in [7, 11) is 0. The number of nitrogens with one attached hydrogen (secondary N) is 2. The van der Waals surface area contributed by atoms with Crippen molar-refractivity contribution in [3.05, 3.63) is 47.8 Å². The van der Waals surface area contributed by atoms with Crippen molar-refractivity contribution < 1.29 is 19.4 Å². The van der Waals surface area contributed by atoms with E-state index in [-0.39, 0.29) is 12.0 Å². The lowest BCUT2D eigenvalue weighted by molar-refractivity contribution is -0.0231. The Labute approximate surface area is 132 Å². The first-order valence-corrected chi connectivity index (χ1v) is 7.13. The molecule has 1 fully saturated rings. The number of hydrogen-bond acceptors (Lipinski definition) is 4. The predicted octanol–water partition coefficient (Wildman–Crippen LogP) is 1.71. The van der Waals surface area contributed by atoms with E-state index in [1.807, 2.05) is 12.1 Å². The fraction of sp³-hybridized carbons (Fsp3) is 0.267. The van der Waals surface area contributed by atoms with Crippen molar-refractivity contribution >= 4 is 17.7 Å². The van der Waals surface area contributed by atoms with Crippen LogP contribution in [0.3, 0.4) is 0 Å². The number of carboxylic acid groups (broad SMARTS) is 1. The first-order valence-electron chi connectivity index (χ1n) is 7.13. The second-order valence-electron chi connectivity index (χ2n) is 5.15. The van der Waals surface area contributed by atoms with E-state index in [1.54, 1.807) is 12.1 Å². The number of nitrogens with zero attached hydrogens (tertiary/aromatic N) is 2. The maximum atomic E-state index is 11.9. The summed E-state index contributed by atoms with van der Waals surface area (Å²) >= 11 is 0. The largest absolute Gasteiger partial charge is 0.465 e. The van der Waals surface area contributed by atoms with E-state index in [0.29, 0.717) is 30.9 Å². The molecule has 0 aliphatic carbocycles. The van der Waals surface area contributed by atoms with Crippen molar-refractivity contribution in [2.75, 3.05) is 25.0 Å². The highest BCUT2D eigenvalue weighted by atomic mass is 16.5. The van der Waals surface area contributed by atoms with Gasteiger partial charge in [0.1, 0.15) is 6.10 Å². The summed E-state index contributed by atoms with van der Waals surface area (Å²) < 4.78 is 5.62. The van der Waals surface area contributed by atoms with Crippen molar-refractivity contribution in [1.82, 2.24) is 15.1 Å². The molecule has 3 N–H and O–H groups in total. The number of amides is 2. The molecule has 0 saturated carbocycles. The summed E-state index contributed by atoms with van der Waals surface area (Å²) in [6.45, 7) is 1.05. The third kappa shape index (κ3) is 3.49. The van der Waals surface area contributed by atoms with Crippen LogP contribution in [0.2, 0.25) is 0 Å². The molecule has 1 atom stereocenters. The summed E-state index contributed by atoms with van der Waals surface area (Å²) in [5, 5.41) is 18.1. The third-order valence-electron chi connectivity index (χ3n) is 3.64. The van der Waals surface area contributed by atoms with Crippen LogP contribution in [-0.2, 0) is 4.74 Å². The Morgan fingerprint density at radius 2 is 2.13 bits per heavy atom. The van der Waals surface area contributed by atoms with Crippen molar-refractivity contribution in [2.24, 2.45) is 0 Å². The maximum absolute atomic E-state index is 11.9. The predicted molar refractivity (Wildman–Crippen MR) is 81.3 cm³/mol. The lowest BCUT2D eigenvalue weighted by Crippen LogP contribution is -2.41. The van der Waals surface area contributed by atoms with Crippen LogP contribution in [0.1, 0.15) is 22.0 Å². The standard InChI is InChI=1S/C15H16N4O4/c20-14(11-7-16-17-8-11)18-12-3-1-10(2-4-12)13-9-19(15(21)22)5-6-23-13/h1-4,7-8,13H,5-6,9H2,(H,16,17)(H,18,20)(H,21,22). The molecular formula is C15H16N4O4. The zero-order valence-corrected chi connectivity index (χ0v) is 12.2. The molecule has 120 valence electrons. The summed E-state index contributed by atoms with van der Waals surface area (Å²) in [4.78, 5) is 24.3. The smallest absolute Gasteiger partial charge is 0.407 e. The van der Waals surface area contributed by atoms with Gasteiger partial charge in [-0.05, 0) is 17.7 Å². The number of morpholine rings is 1. The number of anilines is 1. The van der Waals surface area contributed by atoms with Gasteiger partial charge in [0.2, 0.25) is 0 Å². The highest BCUT2D eigenvalue weighted by molar-refractivity contribution is 6.03. The van der Waals surface area contributed by atoms with Gasteiger partial charge in [0, 0.05) is 18.4 Å². The fourth-order valence-corrected chi connectivity index (χ4v) is 2.38. The van der Waals surface area contributed by atoms with Gasteiger partial charge in [-0.1, -0.05) is 12.1 Å². The average Bonchev–Trinajstić information content (AvgIpc) is 3.10. The van der Waals surface area contributed by atoms with Crippen LogP contribution in [0, 0.1) is 0 Å². The molecule has 1 aliphatic rings. The van der Waals surface area contributed by atoms with Crippen LogP contribution in [0.25, 0.3) is 0 Å². The number of rotatable bonds is 3. The highest BCUT2D eigenvalue weighted by Crippen LogP contribution is 2.23. The third-order valence-corrected chi connectivity index (χ3v) is 3.64. The van der Waals surface area contributed by atoms with E-state index in [0.717, 1.165) is 5.56 Å². The van der Waals surface area contributed by atoms with E-state index in [2.05, 4.69) is 15.5 Å². The summed E-state index contributed by atoms with van der Waals surface area (Å²) in [5.74, 6) is -0.252. The molecule has 0 radical (unpaired) electrons. The highest BCUT2D eigenvalue weighted by Gasteiger charge is 2.24. The quantitative estimate of drug-likeness (QED) is 0.799. The number of carbonyl (C=O) groups is 2. The Balaban J connectivity index is 1.65. The first kappa shape index (κ1) is 15.0. The van der Waals surface area contributed by atoms with Crippen LogP contribution in [-0.4, -0.2) is 51.9 Å².